The minimum atomic E-state index is -0.791. The Hall–Kier alpha value is -3.02. The fourth-order valence-corrected chi connectivity index (χ4v) is 3.15. The van der Waals surface area contributed by atoms with Gasteiger partial charge in [0.05, 0.1) is 17.1 Å². The van der Waals surface area contributed by atoms with E-state index < -0.39 is 16.8 Å². The van der Waals surface area contributed by atoms with Crippen molar-refractivity contribution in [3.8, 4) is 0 Å². The fourth-order valence-electron chi connectivity index (χ4n) is 3.15. The predicted octanol–water partition coefficient (Wildman–Crippen LogP) is 3.69. The molecule has 6 nitrogen and oxygen atoms in total. The van der Waals surface area contributed by atoms with Gasteiger partial charge in [-0.3, -0.25) is 14.9 Å². The van der Waals surface area contributed by atoms with E-state index >= 15 is 0 Å². The third-order valence-corrected chi connectivity index (χ3v) is 4.14. The van der Waals surface area contributed by atoms with Gasteiger partial charge in [-0.25, -0.2) is 4.99 Å². The van der Waals surface area contributed by atoms with E-state index in [0.29, 0.717) is 17.0 Å². The molecule has 0 aliphatic carbocycles. The van der Waals surface area contributed by atoms with Gasteiger partial charge in [-0.2, -0.15) is 0 Å². The van der Waals surface area contributed by atoms with Crippen molar-refractivity contribution in [2.24, 2.45) is 10.9 Å². The van der Waals surface area contributed by atoms with Crippen molar-refractivity contribution in [1.82, 2.24) is 0 Å². The van der Waals surface area contributed by atoms with Crippen molar-refractivity contribution in [1.29, 1.82) is 0 Å². The molecule has 1 aliphatic heterocycles. The van der Waals surface area contributed by atoms with E-state index in [1.807, 2.05) is 6.07 Å². The van der Waals surface area contributed by atoms with Crippen LogP contribution in [0.3, 0.4) is 0 Å². The maximum Gasteiger partial charge on any atom is 0.283 e. The Morgan fingerprint density at radius 3 is 2.46 bits per heavy atom. The zero-order valence-corrected chi connectivity index (χ0v) is 13.3. The minimum absolute atomic E-state index is 0.109. The first-order valence-corrected chi connectivity index (χ1v) is 7.53. The first kappa shape index (κ1) is 15.9. The summed E-state index contributed by atoms with van der Waals surface area (Å²) in [5, 5.41) is 11.8. The monoisotopic (exact) mass is 324 g/mol. The van der Waals surface area contributed by atoms with Crippen LogP contribution in [0.1, 0.15) is 31.1 Å². The summed E-state index contributed by atoms with van der Waals surface area (Å²) in [4.78, 5) is 28.0. The quantitative estimate of drug-likeness (QED) is 0.634. The van der Waals surface area contributed by atoms with E-state index in [-0.39, 0.29) is 17.2 Å². The average Bonchev–Trinajstić information content (AvgIpc) is 3.08. The number of aliphatic imine (C=N–C) groups is 1. The summed E-state index contributed by atoms with van der Waals surface area (Å²) in [7, 11) is 0. The Morgan fingerprint density at radius 1 is 1.21 bits per heavy atom. The number of Topliss-reactive ketones (excluding diaryl/α,β-unsaturated/α-hetero) is 1. The Labute approximate surface area is 138 Å². The third kappa shape index (κ3) is 2.67. The molecule has 2 aromatic rings. The highest BCUT2D eigenvalue weighted by atomic mass is 16.6. The molecule has 0 saturated carbocycles. The molecule has 24 heavy (non-hydrogen) atoms. The number of nitrogens with zero attached hydrogens (tertiary/aromatic N) is 2. The van der Waals surface area contributed by atoms with E-state index in [1.54, 1.807) is 43.3 Å². The normalized spacial score (nSPS) is 20.7. The van der Waals surface area contributed by atoms with Crippen LogP contribution in [0.25, 0.3) is 5.70 Å². The molecule has 2 heterocycles. The standard InChI is InChI=1S/C18H16N2O4/c1-11-15(12(2)21)16(14-9-6-10-24-14)18(20(22)23)17(19-11)13-7-4-3-5-8-13/h3-10,15-16H,1-2H3. The van der Waals surface area contributed by atoms with Gasteiger partial charge in [0, 0.05) is 11.3 Å². The Kier molecular flexibility index (Phi) is 4.12. The van der Waals surface area contributed by atoms with Crippen molar-refractivity contribution in [2.75, 3.05) is 0 Å². The maximum atomic E-state index is 12.2. The smallest absolute Gasteiger partial charge is 0.283 e. The summed E-state index contributed by atoms with van der Waals surface area (Å²) in [5.41, 5.74) is 1.36. The molecule has 0 bridgehead atoms. The molecule has 0 fully saturated rings. The van der Waals surface area contributed by atoms with Gasteiger partial charge in [0.2, 0.25) is 0 Å². The molecule has 0 saturated heterocycles. The Balaban J connectivity index is 2.28. The third-order valence-electron chi connectivity index (χ3n) is 4.14. The average molecular weight is 324 g/mol. The summed E-state index contributed by atoms with van der Waals surface area (Å²) >= 11 is 0. The van der Waals surface area contributed by atoms with E-state index in [0.717, 1.165) is 0 Å². The topological polar surface area (TPSA) is 85.7 Å². The number of nitro groups is 1. The van der Waals surface area contributed by atoms with Crippen molar-refractivity contribution < 1.29 is 14.1 Å². The van der Waals surface area contributed by atoms with Gasteiger partial charge in [0.25, 0.3) is 5.70 Å². The van der Waals surface area contributed by atoms with Crippen LogP contribution in [0.15, 0.2) is 63.8 Å². The molecule has 2 unspecified atom stereocenters. The number of hydrogen-bond donors (Lipinski definition) is 0. The molecule has 0 spiro atoms. The number of carbonyl (C=O) groups is 1. The Morgan fingerprint density at radius 2 is 1.92 bits per heavy atom. The molecule has 3 rings (SSSR count). The molecule has 0 radical (unpaired) electrons. The zero-order valence-electron chi connectivity index (χ0n) is 13.3. The van der Waals surface area contributed by atoms with Gasteiger partial charge in [0.15, 0.2) is 0 Å². The summed E-state index contributed by atoms with van der Waals surface area (Å²) in [6.45, 7) is 3.15. The SMILES string of the molecule is CC(=O)C1C(C)=NC(c2ccccc2)=C([N+](=O)[O-])C1c1ccco1. The molecule has 6 heteroatoms. The molecule has 2 atom stereocenters. The van der Waals surface area contributed by atoms with E-state index in [1.165, 1.54) is 13.2 Å². The lowest BCUT2D eigenvalue weighted by Gasteiger charge is -2.26. The van der Waals surface area contributed by atoms with Crippen LogP contribution in [-0.2, 0) is 4.79 Å². The molecular weight excluding hydrogens is 308 g/mol. The zero-order chi connectivity index (χ0) is 17.3. The van der Waals surface area contributed by atoms with Crippen molar-refractivity contribution >= 4 is 17.2 Å². The van der Waals surface area contributed by atoms with Gasteiger partial charge in [-0.1, -0.05) is 30.3 Å². The molecular formula is C18H16N2O4. The van der Waals surface area contributed by atoms with Crippen LogP contribution in [0, 0.1) is 16.0 Å². The highest BCUT2D eigenvalue weighted by Crippen LogP contribution is 2.42. The van der Waals surface area contributed by atoms with Crippen LogP contribution in [0.5, 0.6) is 0 Å². The maximum absolute atomic E-state index is 12.2. The van der Waals surface area contributed by atoms with Crippen LogP contribution in [0.2, 0.25) is 0 Å². The number of furan rings is 1. The van der Waals surface area contributed by atoms with Gasteiger partial charge in [-0.15, -0.1) is 0 Å². The lowest BCUT2D eigenvalue weighted by molar-refractivity contribution is -0.430. The summed E-state index contributed by atoms with van der Waals surface area (Å²) < 4.78 is 5.42. The number of hydrogen-bond acceptors (Lipinski definition) is 5. The second-order valence-electron chi connectivity index (χ2n) is 5.69. The van der Waals surface area contributed by atoms with Crippen molar-refractivity contribution in [2.45, 2.75) is 19.8 Å². The molecule has 1 aliphatic rings. The van der Waals surface area contributed by atoms with E-state index in [9.17, 15) is 14.9 Å². The largest absolute Gasteiger partial charge is 0.468 e. The highest BCUT2D eigenvalue weighted by Gasteiger charge is 2.45. The number of rotatable bonds is 4. The molecule has 0 amide bonds. The fraction of sp³-hybridized carbons (Fsp3) is 0.222. The number of carbonyl (C=O) groups excluding carboxylic acids is 1. The lowest BCUT2D eigenvalue weighted by Crippen LogP contribution is -2.33. The first-order valence-electron chi connectivity index (χ1n) is 7.53. The van der Waals surface area contributed by atoms with Crippen LogP contribution in [-0.4, -0.2) is 16.4 Å². The van der Waals surface area contributed by atoms with E-state index in [2.05, 4.69) is 4.99 Å². The van der Waals surface area contributed by atoms with Gasteiger partial charge in [-0.05, 0) is 26.0 Å². The second kappa shape index (κ2) is 6.23. The summed E-state index contributed by atoms with van der Waals surface area (Å²) in [5.74, 6) is -1.28. The van der Waals surface area contributed by atoms with Gasteiger partial charge < -0.3 is 4.42 Å². The summed E-state index contributed by atoms with van der Waals surface area (Å²) in [6, 6.07) is 12.3. The summed E-state index contributed by atoms with van der Waals surface area (Å²) in [6.07, 6.45) is 1.45. The van der Waals surface area contributed by atoms with Crippen molar-refractivity contribution in [3.05, 3.63) is 75.9 Å². The Bertz CT molecular complexity index is 835. The number of benzene rings is 1. The number of allylic oxidation sites excluding steroid dienone is 1. The molecule has 1 aromatic heterocycles. The lowest BCUT2D eigenvalue weighted by atomic mass is 9.78. The predicted molar refractivity (Wildman–Crippen MR) is 89.1 cm³/mol. The van der Waals surface area contributed by atoms with E-state index in [4.69, 9.17) is 4.42 Å². The van der Waals surface area contributed by atoms with Gasteiger partial charge >= 0.3 is 0 Å². The van der Waals surface area contributed by atoms with Crippen LogP contribution < -0.4 is 0 Å². The molecule has 1 aromatic carbocycles. The van der Waals surface area contributed by atoms with Crippen LogP contribution in [0.4, 0.5) is 0 Å². The van der Waals surface area contributed by atoms with Crippen LogP contribution >= 0.6 is 0 Å². The van der Waals surface area contributed by atoms with Crippen molar-refractivity contribution in [3.63, 3.8) is 0 Å². The minimum Gasteiger partial charge on any atom is -0.468 e. The number of ketones is 1. The molecule has 0 N–H and O–H groups in total. The second-order valence-corrected chi connectivity index (χ2v) is 5.69. The highest BCUT2D eigenvalue weighted by molar-refractivity contribution is 6.07. The first-order chi connectivity index (χ1) is 11.5. The molecule has 122 valence electrons. The van der Waals surface area contributed by atoms with Gasteiger partial charge in [0.1, 0.15) is 23.2 Å².